The highest BCUT2D eigenvalue weighted by Gasteiger charge is 2.27. The van der Waals surface area contributed by atoms with Gasteiger partial charge in [-0.1, -0.05) is 11.8 Å². The number of imidazole rings is 1. The predicted molar refractivity (Wildman–Crippen MR) is 86.5 cm³/mol. The van der Waals surface area contributed by atoms with Crippen LogP contribution in [-0.2, 0) is 18.6 Å². The third-order valence-corrected chi connectivity index (χ3v) is 5.22. The fourth-order valence-corrected chi connectivity index (χ4v) is 3.93. The van der Waals surface area contributed by atoms with E-state index in [0.29, 0.717) is 6.04 Å². The molecule has 2 aliphatic carbocycles. The number of thioether (sulfide) groups is 1. The Morgan fingerprint density at radius 3 is 3.09 bits per heavy atom. The van der Waals surface area contributed by atoms with Gasteiger partial charge in [-0.3, -0.25) is 4.79 Å². The summed E-state index contributed by atoms with van der Waals surface area (Å²) in [4.78, 5) is 24.0. The maximum Gasteiger partial charge on any atom is 0.254 e. The Bertz CT molecular complexity index is 762. The zero-order valence-corrected chi connectivity index (χ0v) is 13.4. The third-order valence-electron chi connectivity index (χ3n) is 4.34. The van der Waals surface area contributed by atoms with Crippen LogP contribution in [0.2, 0.25) is 0 Å². The molecule has 0 aliphatic heterocycles. The number of nitrogens with one attached hydrogen (secondary N) is 2. The van der Waals surface area contributed by atoms with Crippen molar-refractivity contribution in [2.75, 3.05) is 12.4 Å². The van der Waals surface area contributed by atoms with E-state index in [1.165, 1.54) is 18.5 Å². The minimum Gasteiger partial charge on any atom is -0.372 e. The smallest absolute Gasteiger partial charge is 0.254 e. The summed E-state index contributed by atoms with van der Waals surface area (Å²) >= 11 is 1.58. The SMILES string of the molecule is CNc1ncn(C2CC2)c1CSc1nc2c(c(=O)[nH]1)CCC2. The molecule has 22 heavy (non-hydrogen) atoms. The van der Waals surface area contributed by atoms with Gasteiger partial charge in [0.15, 0.2) is 5.16 Å². The maximum absolute atomic E-state index is 12.1. The second kappa shape index (κ2) is 5.46. The largest absolute Gasteiger partial charge is 0.372 e. The number of fused-ring (bicyclic) bond motifs is 1. The Morgan fingerprint density at radius 2 is 2.32 bits per heavy atom. The van der Waals surface area contributed by atoms with Crippen LogP contribution in [0.5, 0.6) is 0 Å². The van der Waals surface area contributed by atoms with Crippen molar-refractivity contribution >= 4 is 17.6 Å². The molecule has 2 N–H and O–H groups in total. The molecule has 0 atom stereocenters. The van der Waals surface area contributed by atoms with E-state index in [1.807, 2.05) is 13.4 Å². The number of nitrogens with zero attached hydrogens (tertiary/aromatic N) is 3. The van der Waals surface area contributed by atoms with Gasteiger partial charge in [0.1, 0.15) is 5.82 Å². The molecular weight excluding hydrogens is 298 g/mol. The average molecular weight is 317 g/mol. The highest BCUT2D eigenvalue weighted by Crippen LogP contribution is 2.38. The summed E-state index contributed by atoms with van der Waals surface area (Å²) < 4.78 is 2.25. The first kappa shape index (κ1) is 13.9. The van der Waals surface area contributed by atoms with E-state index in [1.54, 1.807) is 11.8 Å². The number of hydrogen-bond acceptors (Lipinski definition) is 5. The molecule has 0 bridgehead atoms. The monoisotopic (exact) mass is 317 g/mol. The van der Waals surface area contributed by atoms with Crippen LogP contribution in [0, 0.1) is 0 Å². The Labute approximate surface area is 132 Å². The number of aryl methyl sites for hydroxylation is 1. The van der Waals surface area contributed by atoms with Gasteiger partial charge in [-0.25, -0.2) is 9.97 Å². The molecule has 2 heterocycles. The highest BCUT2D eigenvalue weighted by atomic mass is 32.2. The van der Waals surface area contributed by atoms with Crippen LogP contribution < -0.4 is 10.9 Å². The molecule has 0 spiro atoms. The molecule has 0 aromatic carbocycles. The summed E-state index contributed by atoms with van der Waals surface area (Å²) in [6.45, 7) is 0. The Balaban J connectivity index is 1.57. The van der Waals surface area contributed by atoms with Gasteiger partial charge < -0.3 is 14.9 Å². The van der Waals surface area contributed by atoms with Crippen molar-refractivity contribution in [3.05, 3.63) is 33.6 Å². The zero-order valence-electron chi connectivity index (χ0n) is 12.6. The third kappa shape index (κ3) is 2.43. The number of anilines is 1. The Kier molecular flexibility index (Phi) is 3.44. The van der Waals surface area contributed by atoms with Gasteiger partial charge in [0, 0.05) is 24.4 Å². The van der Waals surface area contributed by atoms with E-state index >= 15 is 0 Å². The number of aromatic amines is 1. The molecule has 0 amide bonds. The molecule has 1 saturated carbocycles. The maximum atomic E-state index is 12.1. The van der Waals surface area contributed by atoms with Crippen LogP contribution in [0.3, 0.4) is 0 Å². The Hall–Kier alpha value is -1.76. The van der Waals surface area contributed by atoms with Gasteiger partial charge in [0.05, 0.1) is 17.7 Å². The van der Waals surface area contributed by atoms with E-state index in [0.717, 1.165) is 47.2 Å². The van der Waals surface area contributed by atoms with Crippen molar-refractivity contribution in [3.8, 4) is 0 Å². The van der Waals surface area contributed by atoms with Crippen molar-refractivity contribution < 1.29 is 0 Å². The van der Waals surface area contributed by atoms with Gasteiger partial charge >= 0.3 is 0 Å². The second-order valence-corrected chi connectivity index (χ2v) is 6.83. The number of hydrogen-bond donors (Lipinski definition) is 2. The molecule has 0 unspecified atom stereocenters. The van der Waals surface area contributed by atoms with Crippen LogP contribution >= 0.6 is 11.8 Å². The summed E-state index contributed by atoms with van der Waals surface area (Å²) in [5.74, 6) is 1.68. The first-order valence-electron chi connectivity index (χ1n) is 7.74. The van der Waals surface area contributed by atoms with Crippen LogP contribution in [0.25, 0.3) is 0 Å². The van der Waals surface area contributed by atoms with Crippen LogP contribution in [0.15, 0.2) is 16.3 Å². The van der Waals surface area contributed by atoms with Crippen LogP contribution in [-0.4, -0.2) is 26.6 Å². The molecule has 0 radical (unpaired) electrons. The van der Waals surface area contributed by atoms with Crippen LogP contribution in [0.4, 0.5) is 5.82 Å². The van der Waals surface area contributed by atoms with Crippen molar-refractivity contribution in [2.24, 2.45) is 0 Å². The van der Waals surface area contributed by atoms with Crippen LogP contribution in [0.1, 0.15) is 42.3 Å². The molecule has 1 fully saturated rings. The molecule has 0 saturated heterocycles. The molecule has 2 aliphatic rings. The minimum absolute atomic E-state index is 0.0366. The van der Waals surface area contributed by atoms with E-state index in [-0.39, 0.29) is 5.56 Å². The number of aromatic nitrogens is 4. The van der Waals surface area contributed by atoms with Crippen molar-refractivity contribution in [1.29, 1.82) is 0 Å². The summed E-state index contributed by atoms with van der Waals surface area (Å²) in [6, 6.07) is 0.595. The lowest BCUT2D eigenvalue weighted by atomic mass is 10.3. The molecule has 2 aromatic rings. The van der Waals surface area contributed by atoms with Crippen molar-refractivity contribution in [3.63, 3.8) is 0 Å². The summed E-state index contributed by atoms with van der Waals surface area (Å²) in [5.41, 5.74) is 3.08. The standard InChI is InChI=1S/C15H19N5OS/c1-16-13-12(20(8-17-13)9-5-6-9)7-22-15-18-11-4-2-3-10(11)14(21)19-15/h8-9,16H,2-7H2,1H3,(H,18,19,21). The minimum atomic E-state index is 0.0366. The molecule has 4 rings (SSSR count). The topological polar surface area (TPSA) is 75.6 Å². The molecule has 116 valence electrons. The summed E-state index contributed by atoms with van der Waals surface area (Å²) in [6.07, 6.45) is 7.20. The second-order valence-electron chi connectivity index (χ2n) is 5.87. The molecular formula is C15H19N5OS. The molecule has 6 nitrogen and oxygen atoms in total. The van der Waals surface area contributed by atoms with E-state index in [9.17, 15) is 4.79 Å². The van der Waals surface area contributed by atoms with Crippen molar-refractivity contribution in [1.82, 2.24) is 19.5 Å². The number of H-pyrrole nitrogens is 1. The highest BCUT2D eigenvalue weighted by molar-refractivity contribution is 7.98. The lowest BCUT2D eigenvalue weighted by Crippen LogP contribution is -2.15. The summed E-state index contributed by atoms with van der Waals surface area (Å²) in [5, 5.41) is 3.87. The fraction of sp³-hybridized carbons (Fsp3) is 0.533. The quantitative estimate of drug-likeness (QED) is 0.652. The van der Waals surface area contributed by atoms with E-state index in [4.69, 9.17) is 0 Å². The van der Waals surface area contributed by atoms with E-state index < -0.39 is 0 Å². The lowest BCUT2D eigenvalue weighted by Gasteiger charge is -2.09. The first-order valence-corrected chi connectivity index (χ1v) is 8.73. The Morgan fingerprint density at radius 1 is 1.45 bits per heavy atom. The van der Waals surface area contributed by atoms with Gasteiger partial charge in [-0.05, 0) is 32.1 Å². The molecule has 7 heteroatoms. The van der Waals surface area contributed by atoms with Gasteiger partial charge in [-0.2, -0.15) is 0 Å². The number of rotatable bonds is 5. The normalized spacial score (nSPS) is 16.8. The van der Waals surface area contributed by atoms with Gasteiger partial charge in [0.2, 0.25) is 0 Å². The van der Waals surface area contributed by atoms with Gasteiger partial charge in [0.25, 0.3) is 5.56 Å². The average Bonchev–Trinajstić information content (AvgIpc) is 3.10. The van der Waals surface area contributed by atoms with E-state index in [2.05, 4.69) is 24.8 Å². The summed E-state index contributed by atoms with van der Waals surface area (Å²) in [7, 11) is 1.89. The lowest BCUT2D eigenvalue weighted by molar-refractivity contribution is 0.714. The fourth-order valence-electron chi connectivity index (χ4n) is 3.03. The van der Waals surface area contributed by atoms with Gasteiger partial charge in [-0.15, -0.1) is 0 Å². The zero-order chi connectivity index (χ0) is 15.1. The van der Waals surface area contributed by atoms with Crippen molar-refractivity contribution in [2.45, 2.75) is 49.1 Å². The predicted octanol–water partition coefficient (Wildman–Crippen LogP) is 2.12. The molecule has 2 aromatic heterocycles. The first-order chi connectivity index (χ1) is 10.8.